The number of rotatable bonds is 5. The minimum atomic E-state index is -0.175. The van der Waals surface area contributed by atoms with Gasteiger partial charge in [-0.05, 0) is 36.5 Å². The van der Waals surface area contributed by atoms with E-state index >= 15 is 0 Å². The van der Waals surface area contributed by atoms with Crippen LogP contribution in [0.15, 0.2) is 54.6 Å². The van der Waals surface area contributed by atoms with Gasteiger partial charge in [-0.15, -0.1) is 0 Å². The topological polar surface area (TPSA) is 37.4 Å². The molecule has 1 aliphatic heterocycles. The lowest BCUT2D eigenvalue weighted by Gasteiger charge is -2.29. The second-order valence-electron chi connectivity index (χ2n) is 7.53. The zero-order chi connectivity index (χ0) is 17.9. The van der Waals surface area contributed by atoms with Crippen molar-refractivity contribution in [3.63, 3.8) is 0 Å². The van der Waals surface area contributed by atoms with Crippen molar-refractivity contribution in [2.75, 3.05) is 0 Å². The molecule has 0 unspecified atom stereocenters. The third-order valence-electron chi connectivity index (χ3n) is 5.89. The van der Waals surface area contributed by atoms with Gasteiger partial charge in [0.2, 0.25) is 0 Å². The molecule has 0 saturated heterocycles. The predicted octanol–water partition coefficient (Wildman–Crippen LogP) is 5.38. The average Bonchev–Trinajstić information content (AvgIpc) is 2.95. The lowest BCUT2D eigenvalue weighted by molar-refractivity contribution is 0.0566. The maximum absolute atomic E-state index is 13.0. The molecular formula is C23H25NO2. The first kappa shape index (κ1) is 17.0. The fourth-order valence-electron chi connectivity index (χ4n) is 4.48. The van der Waals surface area contributed by atoms with Gasteiger partial charge in [-0.2, -0.15) is 0 Å². The Hall–Kier alpha value is -2.42. The maximum atomic E-state index is 13.0. The third-order valence-corrected chi connectivity index (χ3v) is 5.89. The number of hydrogen-bond acceptors (Lipinski definition) is 2. The maximum Gasteiger partial charge on any atom is 0.262 e. The van der Waals surface area contributed by atoms with Gasteiger partial charge in [0, 0.05) is 0 Å². The molecule has 1 heterocycles. The van der Waals surface area contributed by atoms with Crippen LogP contribution in [0.2, 0.25) is 0 Å². The Bertz CT molecular complexity index is 758. The summed E-state index contributed by atoms with van der Waals surface area (Å²) >= 11 is 0. The molecule has 0 bridgehead atoms. The molecular weight excluding hydrogens is 322 g/mol. The molecule has 0 aromatic heterocycles. The monoisotopic (exact) mass is 347 g/mol. The van der Waals surface area contributed by atoms with E-state index in [-0.39, 0.29) is 17.9 Å². The van der Waals surface area contributed by atoms with E-state index in [1.54, 1.807) is 12.1 Å². The molecule has 2 aliphatic rings. The van der Waals surface area contributed by atoms with Crippen molar-refractivity contribution in [3.05, 3.63) is 71.3 Å². The normalized spacial score (nSPS) is 18.8. The lowest BCUT2D eigenvalue weighted by atomic mass is 9.84. The van der Waals surface area contributed by atoms with Crippen LogP contribution in [0.4, 0.5) is 0 Å². The highest BCUT2D eigenvalue weighted by Crippen LogP contribution is 2.37. The summed E-state index contributed by atoms with van der Waals surface area (Å²) in [4.78, 5) is 27.5. The van der Waals surface area contributed by atoms with Gasteiger partial charge in [-0.3, -0.25) is 14.5 Å². The molecule has 1 aliphatic carbocycles. The number of nitrogens with zero attached hydrogens (tertiary/aromatic N) is 1. The Kier molecular flexibility index (Phi) is 4.87. The molecule has 1 fully saturated rings. The quantitative estimate of drug-likeness (QED) is 0.681. The summed E-state index contributed by atoms with van der Waals surface area (Å²) < 4.78 is 0. The van der Waals surface area contributed by atoms with E-state index in [9.17, 15) is 9.59 Å². The fraction of sp³-hybridized carbons (Fsp3) is 0.391. The molecule has 1 atom stereocenters. The number of imide groups is 1. The van der Waals surface area contributed by atoms with Crippen LogP contribution in [0, 0.1) is 5.92 Å². The molecule has 0 N–H and O–H groups in total. The highest BCUT2D eigenvalue weighted by atomic mass is 16.2. The van der Waals surface area contributed by atoms with Gasteiger partial charge in [0.1, 0.15) is 0 Å². The van der Waals surface area contributed by atoms with Crippen LogP contribution in [0.3, 0.4) is 0 Å². The van der Waals surface area contributed by atoms with Crippen LogP contribution in [-0.2, 0) is 0 Å². The van der Waals surface area contributed by atoms with Gasteiger partial charge in [0.05, 0.1) is 17.2 Å². The van der Waals surface area contributed by atoms with Crippen LogP contribution < -0.4 is 0 Å². The van der Waals surface area contributed by atoms with Gasteiger partial charge >= 0.3 is 0 Å². The molecule has 4 rings (SSSR count). The van der Waals surface area contributed by atoms with Crippen molar-refractivity contribution < 1.29 is 9.59 Å². The molecule has 26 heavy (non-hydrogen) atoms. The van der Waals surface area contributed by atoms with Gasteiger partial charge in [-0.25, -0.2) is 0 Å². The summed E-state index contributed by atoms with van der Waals surface area (Å²) in [5.74, 6) is 0.427. The minimum Gasteiger partial charge on any atom is -0.269 e. The van der Waals surface area contributed by atoms with Crippen molar-refractivity contribution in [1.82, 2.24) is 4.90 Å². The van der Waals surface area contributed by atoms with E-state index in [4.69, 9.17) is 0 Å². The Labute approximate surface area is 155 Å². The summed E-state index contributed by atoms with van der Waals surface area (Å²) in [5.41, 5.74) is 2.13. The van der Waals surface area contributed by atoms with Crippen LogP contribution in [-0.4, -0.2) is 16.7 Å². The molecule has 0 radical (unpaired) electrons. The van der Waals surface area contributed by atoms with Crippen molar-refractivity contribution in [1.29, 1.82) is 0 Å². The van der Waals surface area contributed by atoms with Crippen molar-refractivity contribution in [2.45, 2.75) is 51.0 Å². The number of benzene rings is 2. The highest BCUT2D eigenvalue weighted by molar-refractivity contribution is 6.21. The third kappa shape index (κ3) is 3.18. The molecule has 2 aromatic carbocycles. The Morgan fingerprint density at radius 1 is 0.808 bits per heavy atom. The number of hydrogen-bond donors (Lipinski definition) is 0. The van der Waals surface area contributed by atoms with E-state index in [0.717, 1.165) is 24.3 Å². The van der Waals surface area contributed by atoms with Crippen molar-refractivity contribution >= 4 is 11.8 Å². The first-order valence-electron chi connectivity index (χ1n) is 9.77. The number of carbonyl (C=O) groups is 2. The number of carbonyl (C=O) groups excluding carboxylic acids is 2. The first-order valence-corrected chi connectivity index (χ1v) is 9.77. The van der Waals surface area contributed by atoms with Gasteiger partial charge in [0.15, 0.2) is 0 Å². The van der Waals surface area contributed by atoms with E-state index in [1.807, 2.05) is 42.5 Å². The molecule has 1 saturated carbocycles. The van der Waals surface area contributed by atoms with Gasteiger partial charge < -0.3 is 0 Å². The SMILES string of the molecule is O=C1c2ccccc2C(=O)N1[C@@H](CCC1CCCCC1)c1ccccc1. The molecule has 134 valence electrons. The minimum absolute atomic E-state index is 0.150. The molecule has 3 nitrogen and oxygen atoms in total. The molecule has 2 amide bonds. The second-order valence-corrected chi connectivity index (χ2v) is 7.53. The van der Waals surface area contributed by atoms with Crippen LogP contribution in [0.5, 0.6) is 0 Å². The Morgan fingerprint density at radius 3 is 2.00 bits per heavy atom. The first-order chi connectivity index (χ1) is 12.8. The zero-order valence-electron chi connectivity index (χ0n) is 15.1. The summed E-state index contributed by atoms with van der Waals surface area (Å²) in [6, 6.07) is 17.0. The predicted molar refractivity (Wildman–Crippen MR) is 102 cm³/mol. The van der Waals surface area contributed by atoms with Gasteiger partial charge in [0.25, 0.3) is 11.8 Å². The van der Waals surface area contributed by atoms with Crippen LogP contribution in [0.1, 0.15) is 77.3 Å². The smallest absolute Gasteiger partial charge is 0.262 e. The Morgan fingerprint density at radius 2 is 1.38 bits per heavy atom. The zero-order valence-corrected chi connectivity index (χ0v) is 15.1. The fourth-order valence-corrected chi connectivity index (χ4v) is 4.48. The molecule has 0 spiro atoms. The van der Waals surface area contributed by atoms with Gasteiger partial charge in [-0.1, -0.05) is 74.6 Å². The average molecular weight is 347 g/mol. The van der Waals surface area contributed by atoms with E-state index in [0.29, 0.717) is 11.1 Å². The second kappa shape index (κ2) is 7.45. The standard InChI is InChI=1S/C23H25NO2/c25-22-19-13-7-8-14-20(19)23(26)24(22)21(18-11-5-2-6-12-18)16-15-17-9-3-1-4-10-17/h2,5-8,11-14,17,21H,1,3-4,9-10,15-16H2/t21-/m0/s1. The largest absolute Gasteiger partial charge is 0.269 e. The Balaban J connectivity index is 1.61. The summed E-state index contributed by atoms with van der Waals surface area (Å²) in [6.07, 6.45) is 8.46. The van der Waals surface area contributed by atoms with E-state index in [2.05, 4.69) is 0 Å². The lowest BCUT2D eigenvalue weighted by Crippen LogP contribution is -2.34. The number of amides is 2. The summed E-state index contributed by atoms with van der Waals surface area (Å²) in [6.45, 7) is 0. The highest BCUT2D eigenvalue weighted by Gasteiger charge is 2.40. The molecule has 2 aromatic rings. The summed E-state index contributed by atoms with van der Waals surface area (Å²) in [5, 5.41) is 0. The van der Waals surface area contributed by atoms with Crippen LogP contribution >= 0.6 is 0 Å². The van der Waals surface area contributed by atoms with Crippen LogP contribution in [0.25, 0.3) is 0 Å². The van der Waals surface area contributed by atoms with E-state index < -0.39 is 0 Å². The molecule has 3 heteroatoms. The summed E-state index contributed by atoms with van der Waals surface area (Å²) in [7, 11) is 0. The number of fused-ring (bicyclic) bond motifs is 1. The van der Waals surface area contributed by atoms with Crippen molar-refractivity contribution in [3.8, 4) is 0 Å². The van der Waals surface area contributed by atoms with Crippen molar-refractivity contribution in [2.24, 2.45) is 5.92 Å². The van der Waals surface area contributed by atoms with E-state index in [1.165, 1.54) is 37.0 Å².